The Morgan fingerprint density at radius 1 is 1.33 bits per heavy atom. The van der Waals surface area contributed by atoms with Crippen molar-refractivity contribution in [1.29, 1.82) is 5.26 Å². The number of sulfonamides is 1. The molecule has 0 unspecified atom stereocenters. The van der Waals surface area contributed by atoms with Gasteiger partial charge in [0, 0.05) is 10.9 Å². The maximum absolute atomic E-state index is 12.5. The fraction of sp³-hybridized carbons (Fsp3) is 0.267. The summed E-state index contributed by atoms with van der Waals surface area (Å²) in [5.74, 6) is 0.471. The lowest BCUT2D eigenvalue weighted by molar-refractivity contribution is 0.571. The number of nitrogens with one attached hydrogen (secondary N) is 3. The quantitative estimate of drug-likeness (QED) is 0.654. The first-order chi connectivity index (χ1) is 11.3. The first kappa shape index (κ1) is 14.9. The zero-order chi connectivity index (χ0) is 17.1. The van der Waals surface area contributed by atoms with Crippen LogP contribution in [0.15, 0.2) is 27.9 Å². The third-order valence-corrected chi connectivity index (χ3v) is 5.69. The average Bonchev–Trinajstić information content (AvgIpc) is 3.17. The van der Waals surface area contributed by atoms with Gasteiger partial charge >= 0.3 is 0 Å². The lowest BCUT2D eigenvalue weighted by Gasteiger charge is -2.10. The summed E-state index contributed by atoms with van der Waals surface area (Å²) in [4.78, 5) is 22.0. The van der Waals surface area contributed by atoms with E-state index in [0.29, 0.717) is 40.6 Å². The van der Waals surface area contributed by atoms with Gasteiger partial charge in [-0.3, -0.25) is 4.79 Å². The van der Waals surface area contributed by atoms with Crippen molar-refractivity contribution >= 4 is 32.0 Å². The average molecular weight is 343 g/mol. The lowest BCUT2D eigenvalue weighted by Crippen LogP contribution is -2.35. The van der Waals surface area contributed by atoms with Crippen LogP contribution in [0.4, 0.5) is 0 Å². The van der Waals surface area contributed by atoms with Crippen molar-refractivity contribution in [3.05, 3.63) is 34.4 Å². The van der Waals surface area contributed by atoms with Crippen molar-refractivity contribution in [1.82, 2.24) is 19.7 Å². The molecule has 24 heavy (non-hydrogen) atoms. The number of aryl methyl sites for hydroxylation is 1. The van der Waals surface area contributed by atoms with E-state index in [2.05, 4.69) is 19.7 Å². The van der Waals surface area contributed by atoms with Crippen LogP contribution in [-0.4, -0.2) is 28.9 Å². The molecule has 0 bridgehead atoms. The first-order valence-electron chi connectivity index (χ1n) is 7.31. The van der Waals surface area contributed by atoms with Crippen LogP contribution in [0.1, 0.15) is 18.7 Å². The smallest absolute Gasteiger partial charge is 0.261 e. The molecule has 1 aliphatic rings. The minimum Gasteiger partial charge on any atom is -0.339 e. The van der Waals surface area contributed by atoms with E-state index in [4.69, 9.17) is 5.26 Å². The number of benzene rings is 1. The van der Waals surface area contributed by atoms with Crippen LogP contribution in [-0.2, 0) is 10.0 Å². The Balaban J connectivity index is 1.87. The highest BCUT2D eigenvalue weighted by atomic mass is 32.2. The van der Waals surface area contributed by atoms with Crippen molar-refractivity contribution in [2.75, 3.05) is 0 Å². The molecule has 4 rings (SSSR count). The summed E-state index contributed by atoms with van der Waals surface area (Å²) in [5, 5.41) is 10.0. The monoisotopic (exact) mass is 343 g/mol. The van der Waals surface area contributed by atoms with Gasteiger partial charge in [-0.25, -0.2) is 13.4 Å². The van der Waals surface area contributed by atoms with Gasteiger partial charge < -0.3 is 9.97 Å². The number of H-pyrrole nitrogens is 2. The van der Waals surface area contributed by atoms with E-state index in [0.717, 1.165) is 0 Å². The molecule has 0 radical (unpaired) electrons. The molecule has 3 aromatic rings. The van der Waals surface area contributed by atoms with Crippen LogP contribution >= 0.6 is 0 Å². The van der Waals surface area contributed by atoms with Gasteiger partial charge in [0.1, 0.15) is 17.0 Å². The molecular weight excluding hydrogens is 330 g/mol. The van der Waals surface area contributed by atoms with E-state index in [9.17, 15) is 13.2 Å². The normalized spacial score (nSPS) is 16.3. The van der Waals surface area contributed by atoms with Crippen LogP contribution in [0, 0.1) is 18.3 Å². The number of hydrogen-bond donors (Lipinski definition) is 3. The minimum atomic E-state index is -3.81. The third kappa shape index (κ3) is 2.19. The van der Waals surface area contributed by atoms with Gasteiger partial charge in [-0.05, 0) is 31.9 Å². The molecule has 0 spiro atoms. The standard InChI is InChI=1S/C15H13N5O3S/c1-8-17-13-12(14(21)18-8)10-3-2-9(6-11(10)19-13)24(22,23)20-15(7-16)4-5-15/h2-3,6,20H,4-5H2,1H3,(H2,17,18,19,21). The summed E-state index contributed by atoms with van der Waals surface area (Å²) in [6.45, 7) is 1.67. The van der Waals surface area contributed by atoms with Gasteiger partial charge in [-0.2, -0.15) is 9.98 Å². The topological polar surface area (TPSA) is 131 Å². The molecular formula is C15H13N5O3S. The van der Waals surface area contributed by atoms with Crippen LogP contribution in [0.3, 0.4) is 0 Å². The molecule has 0 amide bonds. The van der Waals surface area contributed by atoms with Crippen molar-refractivity contribution in [2.45, 2.75) is 30.2 Å². The maximum Gasteiger partial charge on any atom is 0.261 e. The van der Waals surface area contributed by atoms with E-state index in [1.807, 2.05) is 6.07 Å². The van der Waals surface area contributed by atoms with Crippen molar-refractivity contribution in [2.24, 2.45) is 0 Å². The zero-order valence-electron chi connectivity index (χ0n) is 12.7. The number of fused-ring (bicyclic) bond motifs is 3. The highest BCUT2D eigenvalue weighted by molar-refractivity contribution is 7.89. The number of nitriles is 1. The van der Waals surface area contributed by atoms with Crippen molar-refractivity contribution in [3.8, 4) is 6.07 Å². The van der Waals surface area contributed by atoms with Crippen LogP contribution in [0.25, 0.3) is 21.9 Å². The highest BCUT2D eigenvalue weighted by Gasteiger charge is 2.46. The fourth-order valence-electron chi connectivity index (χ4n) is 2.74. The molecule has 122 valence electrons. The van der Waals surface area contributed by atoms with E-state index in [-0.39, 0.29) is 10.5 Å². The number of rotatable bonds is 3. The molecule has 1 aromatic carbocycles. The molecule has 2 aromatic heterocycles. The number of aromatic amines is 2. The number of nitrogens with zero attached hydrogens (tertiary/aromatic N) is 2. The van der Waals surface area contributed by atoms with Crippen molar-refractivity contribution < 1.29 is 8.42 Å². The summed E-state index contributed by atoms with van der Waals surface area (Å²) in [7, 11) is -3.81. The molecule has 0 aliphatic heterocycles. The summed E-state index contributed by atoms with van der Waals surface area (Å²) in [6, 6.07) is 6.43. The lowest BCUT2D eigenvalue weighted by atomic mass is 10.2. The molecule has 1 saturated carbocycles. The van der Waals surface area contributed by atoms with Gasteiger partial charge in [-0.1, -0.05) is 6.07 Å². The van der Waals surface area contributed by atoms with Crippen LogP contribution in [0.2, 0.25) is 0 Å². The highest BCUT2D eigenvalue weighted by Crippen LogP contribution is 2.36. The summed E-state index contributed by atoms with van der Waals surface area (Å²) >= 11 is 0. The summed E-state index contributed by atoms with van der Waals surface area (Å²) < 4.78 is 27.4. The second-order valence-electron chi connectivity index (χ2n) is 6.01. The Hall–Kier alpha value is -2.70. The maximum atomic E-state index is 12.5. The van der Waals surface area contributed by atoms with Gasteiger partial charge in [-0.15, -0.1) is 0 Å². The Kier molecular flexibility index (Phi) is 2.88. The third-order valence-electron chi connectivity index (χ3n) is 4.16. The first-order valence-corrected chi connectivity index (χ1v) is 8.79. The van der Waals surface area contributed by atoms with Crippen LogP contribution < -0.4 is 10.3 Å². The Bertz CT molecular complexity index is 1200. The number of hydrogen-bond acceptors (Lipinski definition) is 5. The second kappa shape index (κ2) is 4.66. The van der Waals surface area contributed by atoms with Gasteiger partial charge in [0.15, 0.2) is 0 Å². The summed E-state index contributed by atoms with van der Waals surface area (Å²) in [6.07, 6.45) is 1.02. The van der Waals surface area contributed by atoms with E-state index < -0.39 is 15.6 Å². The summed E-state index contributed by atoms with van der Waals surface area (Å²) in [5.41, 5.74) is -0.356. The fourth-order valence-corrected chi connectivity index (χ4v) is 4.15. The zero-order valence-corrected chi connectivity index (χ0v) is 13.5. The Morgan fingerprint density at radius 3 is 2.75 bits per heavy atom. The van der Waals surface area contributed by atoms with E-state index in [1.165, 1.54) is 12.1 Å². The van der Waals surface area contributed by atoms with E-state index >= 15 is 0 Å². The molecule has 2 heterocycles. The van der Waals surface area contributed by atoms with E-state index in [1.54, 1.807) is 13.0 Å². The molecule has 8 nitrogen and oxygen atoms in total. The molecule has 0 atom stereocenters. The molecule has 9 heteroatoms. The predicted molar refractivity (Wildman–Crippen MR) is 86.9 cm³/mol. The largest absolute Gasteiger partial charge is 0.339 e. The predicted octanol–water partition coefficient (Wildman–Crippen LogP) is 1.05. The van der Waals surface area contributed by atoms with Gasteiger partial charge in [0.2, 0.25) is 10.0 Å². The molecule has 0 saturated heterocycles. The molecule has 3 N–H and O–H groups in total. The Morgan fingerprint density at radius 2 is 2.08 bits per heavy atom. The SMILES string of the molecule is Cc1nc2[nH]c3cc(S(=O)(=O)NC4(C#N)CC4)ccc3c2c(=O)[nH]1. The van der Waals surface area contributed by atoms with Gasteiger partial charge in [0.25, 0.3) is 5.56 Å². The minimum absolute atomic E-state index is 0.0382. The van der Waals surface area contributed by atoms with Crippen LogP contribution in [0.5, 0.6) is 0 Å². The van der Waals surface area contributed by atoms with Gasteiger partial charge in [0.05, 0.1) is 16.4 Å². The van der Waals surface area contributed by atoms with Crippen molar-refractivity contribution in [3.63, 3.8) is 0 Å². The number of aromatic nitrogens is 3. The molecule has 1 aliphatic carbocycles. The molecule has 1 fully saturated rings. The second-order valence-corrected chi connectivity index (χ2v) is 7.69. The Labute approximate surface area is 136 Å².